The number of benzene rings is 2. The van der Waals surface area contributed by atoms with Crippen LogP contribution in [-0.4, -0.2) is 26.3 Å². The summed E-state index contributed by atoms with van der Waals surface area (Å²) in [4.78, 5) is 2.14. The molecule has 2 aromatic carbocycles. The van der Waals surface area contributed by atoms with Gasteiger partial charge in [-0.1, -0.05) is 42.5 Å². The molecule has 0 aliphatic carbocycles. The molecule has 0 saturated carbocycles. The molecule has 1 unspecified atom stereocenters. The van der Waals surface area contributed by atoms with E-state index in [0.717, 1.165) is 11.1 Å². The van der Waals surface area contributed by atoms with Gasteiger partial charge in [0, 0.05) is 7.05 Å². The monoisotopic (exact) mass is 342 g/mol. The number of nitrogens with zero attached hydrogens (tertiary/aromatic N) is 4. The average Bonchev–Trinajstić information content (AvgIpc) is 2.90. The van der Waals surface area contributed by atoms with Gasteiger partial charge in [0.05, 0.1) is 12.7 Å². The lowest BCUT2D eigenvalue weighted by Crippen LogP contribution is -2.28. The van der Waals surface area contributed by atoms with E-state index in [0.29, 0.717) is 11.4 Å². The largest absolute Gasteiger partial charge is 0.310 e. The van der Waals surface area contributed by atoms with Crippen molar-refractivity contribution in [3.63, 3.8) is 0 Å². The van der Waals surface area contributed by atoms with Crippen molar-refractivity contribution in [2.75, 3.05) is 7.05 Å². The molecule has 0 amide bonds. The van der Waals surface area contributed by atoms with E-state index in [1.807, 2.05) is 44.4 Å². The Bertz CT molecular complexity index is 855. The van der Waals surface area contributed by atoms with Crippen LogP contribution in [0.1, 0.15) is 17.2 Å². The fourth-order valence-corrected chi connectivity index (χ4v) is 2.94. The molecule has 24 heavy (non-hydrogen) atoms. The molecule has 0 bridgehead atoms. The Labute approximate surface area is 145 Å². The van der Waals surface area contributed by atoms with Crippen molar-refractivity contribution in [2.24, 2.45) is 7.05 Å². The summed E-state index contributed by atoms with van der Waals surface area (Å²) in [5, 5.41) is 4.31. The maximum atomic E-state index is 13.3. The van der Waals surface area contributed by atoms with Crippen LogP contribution >= 0.6 is 12.2 Å². The second-order valence-corrected chi connectivity index (χ2v) is 6.15. The minimum absolute atomic E-state index is 0.0179. The molecule has 0 aliphatic rings. The van der Waals surface area contributed by atoms with E-state index in [4.69, 9.17) is 12.2 Å². The zero-order valence-corrected chi connectivity index (χ0v) is 14.4. The van der Waals surface area contributed by atoms with Gasteiger partial charge in [-0.05, 0) is 42.5 Å². The molecule has 3 aromatic rings. The van der Waals surface area contributed by atoms with Crippen molar-refractivity contribution in [1.82, 2.24) is 19.2 Å². The van der Waals surface area contributed by atoms with Crippen molar-refractivity contribution in [3.8, 4) is 0 Å². The third-order valence-electron chi connectivity index (χ3n) is 3.99. The molecule has 4 nitrogen and oxygen atoms in total. The van der Waals surface area contributed by atoms with Gasteiger partial charge in [0.1, 0.15) is 12.1 Å². The summed E-state index contributed by atoms with van der Waals surface area (Å²) >= 11 is 5.37. The van der Waals surface area contributed by atoms with Crippen LogP contribution in [-0.2, 0) is 13.7 Å². The molecule has 0 saturated heterocycles. The molecular formula is C18H19FN4S. The molecule has 0 spiro atoms. The summed E-state index contributed by atoms with van der Waals surface area (Å²) in [7, 11) is 3.89. The van der Waals surface area contributed by atoms with Gasteiger partial charge >= 0.3 is 0 Å². The summed E-state index contributed by atoms with van der Waals surface area (Å²) in [5.74, 6) is -0.236. The highest BCUT2D eigenvalue weighted by atomic mass is 32.1. The van der Waals surface area contributed by atoms with E-state index in [9.17, 15) is 4.39 Å². The molecule has 0 N–H and O–H groups in total. The lowest BCUT2D eigenvalue weighted by Gasteiger charge is -2.28. The van der Waals surface area contributed by atoms with E-state index in [1.165, 1.54) is 12.1 Å². The first-order chi connectivity index (χ1) is 11.6. The maximum Gasteiger partial charge on any atom is 0.198 e. The van der Waals surface area contributed by atoms with Crippen LogP contribution in [0.5, 0.6) is 0 Å². The van der Waals surface area contributed by atoms with Crippen molar-refractivity contribution in [3.05, 3.63) is 82.6 Å². The van der Waals surface area contributed by atoms with E-state index < -0.39 is 0 Å². The number of halogens is 1. The Morgan fingerprint density at radius 2 is 1.71 bits per heavy atom. The van der Waals surface area contributed by atoms with E-state index >= 15 is 0 Å². The van der Waals surface area contributed by atoms with Gasteiger partial charge in [-0.3, -0.25) is 4.90 Å². The SMILES string of the molecule is CN(Cn1ncn(C)c1=S)C(c1ccccc1)c1ccc(F)cc1. The molecule has 124 valence electrons. The Hall–Kier alpha value is -2.31. The zero-order valence-electron chi connectivity index (χ0n) is 13.6. The van der Waals surface area contributed by atoms with Crippen molar-refractivity contribution >= 4 is 12.2 Å². The number of hydrogen-bond acceptors (Lipinski definition) is 3. The predicted octanol–water partition coefficient (Wildman–Crippen LogP) is 3.77. The summed E-state index contributed by atoms with van der Waals surface area (Å²) in [6.45, 7) is 0.538. The second kappa shape index (κ2) is 7.07. The van der Waals surface area contributed by atoms with Crippen molar-refractivity contribution < 1.29 is 4.39 Å². The van der Waals surface area contributed by atoms with E-state index in [2.05, 4.69) is 22.1 Å². The Morgan fingerprint density at radius 3 is 2.29 bits per heavy atom. The summed E-state index contributed by atoms with van der Waals surface area (Å²) in [6.07, 6.45) is 1.70. The zero-order chi connectivity index (χ0) is 17.1. The van der Waals surface area contributed by atoms with Crippen LogP contribution < -0.4 is 0 Å². The number of aromatic nitrogens is 3. The second-order valence-electron chi connectivity index (χ2n) is 5.79. The Kier molecular flexibility index (Phi) is 4.87. The number of hydrogen-bond donors (Lipinski definition) is 0. The van der Waals surface area contributed by atoms with E-state index in [1.54, 1.807) is 15.6 Å². The van der Waals surface area contributed by atoms with Gasteiger partial charge in [0.2, 0.25) is 0 Å². The molecule has 3 rings (SSSR count). The Morgan fingerprint density at radius 1 is 1.08 bits per heavy atom. The third kappa shape index (κ3) is 3.44. The normalized spacial score (nSPS) is 12.5. The molecule has 0 radical (unpaired) electrons. The van der Waals surface area contributed by atoms with Crippen LogP contribution in [0.25, 0.3) is 0 Å². The number of aryl methyl sites for hydroxylation is 1. The van der Waals surface area contributed by atoms with Crippen LogP contribution in [0.4, 0.5) is 4.39 Å². The van der Waals surface area contributed by atoms with E-state index in [-0.39, 0.29) is 11.9 Å². The average molecular weight is 342 g/mol. The van der Waals surface area contributed by atoms with Gasteiger partial charge in [-0.15, -0.1) is 0 Å². The lowest BCUT2D eigenvalue weighted by molar-refractivity contribution is 0.207. The fourth-order valence-electron chi connectivity index (χ4n) is 2.79. The summed E-state index contributed by atoms with van der Waals surface area (Å²) in [5.41, 5.74) is 2.15. The highest BCUT2D eigenvalue weighted by Crippen LogP contribution is 2.28. The number of rotatable bonds is 5. The molecule has 1 atom stereocenters. The van der Waals surface area contributed by atoms with Crippen molar-refractivity contribution in [2.45, 2.75) is 12.7 Å². The lowest BCUT2D eigenvalue weighted by atomic mass is 9.98. The van der Waals surface area contributed by atoms with Gasteiger partial charge in [-0.25, -0.2) is 9.07 Å². The summed E-state index contributed by atoms with van der Waals surface area (Å²) < 4.78 is 17.5. The minimum atomic E-state index is -0.236. The van der Waals surface area contributed by atoms with Crippen LogP contribution in [0, 0.1) is 10.6 Å². The molecule has 1 heterocycles. The maximum absolute atomic E-state index is 13.3. The minimum Gasteiger partial charge on any atom is -0.310 e. The van der Waals surface area contributed by atoms with Crippen LogP contribution in [0.3, 0.4) is 0 Å². The topological polar surface area (TPSA) is 26.0 Å². The molecular weight excluding hydrogens is 323 g/mol. The molecule has 0 aliphatic heterocycles. The Balaban J connectivity index is 1.96. The first kappa shape index (κ1) is 16.5. The van der Waals surface area contributed by atoms with Gasteiger partial charge in [0.15, 0.2) is 4.77 Å². The first-order valence-corrected chi connectivity index (χ1v) is 8.06. The predicted molar refractivity (Wildman–Crippen MR) is 94.5 cm³/mol. The smallest absolute Gasteiger partial charge is 0.198 e. The first-order valence-electron chi connectivity index (χ1n) is 7.65. The third-order valence-corrected chi connectivity index (χ3v) is 4.48. The molecule has 6 heteroatoms. The highest BCUT2D eigenvalue weighted by Gasteiger charge is 2.20. The quantitative estimate of drug-likeness (QED) is 0.660. The summed E-state index contributed by atoms with van der Waals surface area (Å²) in [6, 6.07) is 16.7. The van der Waals surface area contributed by atoms with Crippen LogP contribution in [0.15, 0.2) is 60.9 Å². The highest BCUT2D eigenvalue weighted by molar-refractivity contribution is 7.71. The van der Waals surface area contributed by atoms with Gasteiger partial charge in [0.25, 0.3) is 0 Å². The molecule has 1 aromatic heterocycles. The van der Waals surface area contributed by atoms with Crippen LogP contribution in [0.2, 0.25) is 0 Å². The molecule has 0 fully saturated rings. The van der Waals surface area contributed by atoms with Crippen molar-refractivity contribution in [1.29, 1.82) is 0 Å². The van der Waals surface area contributed by atoms with Gasteiger partial charge < -0.3 is 4.57 Å². The standard InChI is InChI=1S/C18H19FN4S/c1-21-12-20-23(18(21)24)13-22(2)17(14-6-4-3-5-7-14)15-8-10-16(19)11-9-15/h3-12,17H,13H2,1-2H3. The fraction of sp³-hybridized carbons (Fsp3) is 0.222. The van der Waals surface area contributed by atoms with Gasteiger partial charge in [-0.2, -0.15) is 5.10 Å².